The molecule has 0 amide bonds. The first-order valence-electron chi connectivity index (χ1n) is 17.5. The lowest BCUT2D eigenvalue weighted by molar-refractivity contribution is 1.07. The fraction of sp³-hybridized carbons (Fsp3) is 0. The lowest BCUT2D eigenvalue weighted by Gasteiger charge is -2.16. The van der Waals surface area contributed by atoms with Crippen molar-refractivity contribution in [2.75, 3.05) is 0 Å². The van der Waals surface area contributed by atoms with Gasteiger partial charge in [-0.25, -0.2) is 15.0 Å². The van der Waals surface area contributed by atoms with Gasteiger partial charge >= 0.3 is 0 Å². The normalized spacial score (nSPS) is 11.5. The Morgan fingerprint density at radius 1 is 0.308 bits per heavy atom. The summed E-state index contributed by atoms with van der Waals surface area (Å²) in [5, 5.41) is 9.36. The minimum absolute atomic E-state index is 0.630. The number of aromatic nitrogens is 4. The number of nitrogens with zero attached hydrogens (tertiary/aromatic N) is 4. The van der Waals surface area contributed by atoms with E-state index in [9.17, 15) is 0 Å². The summed E-state index contributed by atoms with van der Waals surface area (Å²) >= 11 is 0. The summed E-state index contributed by atoms with van der Waals surface area (Å²) in [5.41, 5.74) is 7.41. The molecule has 4 nitrogen and oxygen atoms in total. The van der Waals surface area contributed by atoms with E-state index in [2.05, 4.69) is 151 Å². The average Bonchev–Trinajstić information content (AvgIpc) is 3.23. The van der Waals surface area contributed by atoms with E-state index in [4.69, 9.17) is 15.0 Å². The Hall–Kier alpha value is -7.04. The second-order valence-electron chi connectivity index (χ2n) is 13.1. The van der Waals surface area contributed by atoms with Crippen LogP contribution in [0.4, 0.5) is 0 Å². The van der Waals surface area contributed by atoms with Crippen LogP contribution in [-0.4, -0.2) is 19.9 Å². The molecule has 0 fully saturated rings. The second kappa shape index (κ2) is 12.4. The summed E-state index contributed by atoms with van der Waals surface area (Å²) in [6.45, 7) is 0. The van der Waals surface area contributed by atoms with Crippen LogP contribution in [0.5, 0.6) is 0 Å². The van der Waals surface area contributed by atoms with Crippen LogP contribution in [-0.2, 0) is 0 Å². The van der Waals surface area contributed by atoms with Crippen LogP contribution in [0.25, 0.3) is 99.5 Å². The van der Waals surface area contributed by atoms with E-state index in [1.54, 1.807) is 0 Å². The van der Waals surface area contributed by atoms with Gasteiger partial charge in [0.25, 0.3) is 0 Å². The lowest BCUT2D eigenvalue weighted by atomic mass is 9.89. The first kappa shape index (κ1) is 29.8. The maximum atomic E-state index is 5.21. The van der Waals surface area contributed by atoms with Crippen molar-refractivity contribution in [3.63, 3.8) is 0 Å². The lowest BCUT2D eigenvalue weighted by Crippen LogP contribution is -2.01. The van der Waals surface area contributed by atoms with Crippen LogP contribution in [0, 0.1) is 0 Å². The van der Waals surface area contributed by atoms with Gasteiger partial charge in [-0.1, -0.05) is 146 Å². The van der Waals surface area contributed by atoms with E-state index < -0.39 is 0 Å². The van der Waals surface area contributed by atoms with Crippen LogP contribution in [0.1, 0.15) is 0 Å². The molecule has 0 saturated heterocycles. The molecule has 8 aromatic carbocycles. The van der Waals surface area contributed by atoms with Gasteiger partial charge in [-0.2, -0.15) is 0 Å². The van der Waals surface area contributed by atoms with E-state index in [1.165, 1.54) is 38.1 Å². The van der Waals surface area contributed by atoms with Crippen molar-refractivity contribution in [3.05, 3.63) is 182 Å². The van der Waals surface area contributed by atoms with E-state index in [1.807, 2.05) is 36.7 Å². The standard InChI is InChI=1S/C48H30N4/c1-3-11-31(12-4-1)34-20-21-36-28-38(24-22-35(36)27-34)47-50-46(33-13-5-2-6-14-33)51-48(52-47)42-18-10-8-16-40(42)43-29-37-23-19-32-25-26-49-30-44(32)45(37)41-17-9-7-15-39(41)43/h1-30H. The van der Waals surface area contributed by atoms with Gasteiger partial charge in [-0.3, -0.25) is 4.98 Å². The molecule has 0 bridgehead atoms. The molecule has 10 aromatic rings. The van der Waals surface area contributed by atoms with Gasteiger partial charge in [0.2, 0.25) is 0 Å². The quantitative estimate of drug-likeness (QED) is 0.172. The molecule has 0 aliphatic heterocycles. The third kappa shape index (κ3) is 5.17. The van der Waals surface area contributed by atoms with Crippen molar-refractivity contribution in [2.45, 2.75) is 0 Å². The molecule has 0 radical (unpaired) electrons. The zero-order valence-electron chi connectivity index (χ0n) is 28.1. The Balaban J connectivity index is 1.16. The molecule has 0 aliphatic rings. The summed E-state index contributed by atoms with van der Waals surface area (Å²) < 4.78 is 0. The minimum atomic E-state index is 0.630. The van der Waals surface area contributed by atoms with Crippen LogP contribution in [0.15, 0.2) is 182 Å². The first-order valence-corrected chi connectivity index (χ1v) is 17.5. The first-order chi connectivity index (χ1) is 25.8. The minimum Gasteiger partial charge on any atom is -0.264 e. The molecule has 10 rings (SSSR count). The fourth-order valence-electron chi connectivity index (χ4n) is 7.44. The number of pyridine rings is 1. The van der Waals surface area contributed by atoms with Crippen molar-refractivity contribution in [1.29, 1.82) is 0 Å². The van der Waals surface area contributed by atoms with Gasteiger partial charge in [-0.05, 0) is 84.2 Å². The summed E-state index contributed by atoms with van der Waals surface area (Å²) in [6, 6.07) is 59.6. The van der Waals surface area contributed by atoms with Crippen LogP contribution < -0.4 is 0 Å². The van der Waals surface area contributed by atoms with Crippen LogP contribution in [0.3, 0.4) is 0 Å². The molecule has 0 N–H and O–H groups in total. The molecule has 0 unspecified atom stereocenters. The van der Waals surface area contributed by atoms with Crippen molar-refractivity contribution < 1.29 is 0 Å². The highest BCUT2D eigenvalue weighted by Crippen LogP contribution is 2.41. The van der Waals surface area contributed by atoms with Crippen molar-refractivity contribution in [3.8, 4) is 56.4 Å². The zero-order chi connectivity index (χ0) is 34.4. The van der Waals surface area contributed by atoms with E-state index in [0.29, 0.717) is 17.5 Å². The number of benzene rings is 8. The van der Waals surface area contributed by atoms with Gasteiger partial charge in [0, 0.05) is 34.5 Å². The molecule has 2 aromatic heterocycles. The van der Waals surface area contributed by atoms with Gasteiger partial charge in [0.1, 0.15) is 0 Å². The smallest absolute Gasteiger partial charge is 0.164 e. The predicted molar refractivity (Wildman–Crippen MR) is 215 cm³/mol. The molecule has 242 valence electrons. The zero-order valence-corrected chi connectivity index (χ0v) is 28.1. The predicted octanol–water partition coefficient (Wildman–Crippen LogP) is 12.2. The van der Waals surface area contributed by atoms with Gasteiger partial charge in [0.15, 0.2) is 17.5 Å². The maximum absolute atomic E-state index is 5.21. The van der Waals surface area contributed by atoms with Gasteiger partial charge in [-0.15, -0.1) is 0 Å². The SMILES string of the molecule is c1ccc(-c2ccc3cc(-c4nc(-c5ccccc5)nc(-c5ccccc5-c5cc6ccc7ccncc7c6c6ccccc56)n4)ccc3c2)cc1. The highest BCUT2D eigenvalue weighted by molar-refractivity contribution is 6.23. The van der Waals surface area contributed by atoms with Gasteiger partial charge in [0.05, 0.1) is 0 Å². The Morgan fingerprint density at radius 2 is 0.885 bits per heavy atom. The topological polar surface area (TPSA) is 51.6 Å². The second-order valence-corrected chi connectivity index (χ2v) is 13.1. The number of hydrogen-bond donors (Lipinski definition) is 0. The Kier molecular flexibility index (Phi) is 7.10. The molecule has 0 atom stereocenters. The summed E-state index contributed by atoms with van der Waals surface area (Å²) in [7, 11) is 0. The maximum Gasteiger partial charge on any atom is 0.164 e. The highest BCUT2D eigenvalue weighted by Gasteiger charge is 2.18. The van der Waals surface area contributed by atoms with E-state index in [-0.39, 0.29) is 0 Å². The number of rotatable bonds is 5. The molecule has 0 aliphatic carbocycles. The van der Waals surface area contributed by atoms with E-state index in [0.717, 1.165) is 44.0 Å². The molecule has 0 saturated carbocycles. The third-order valence-corrected chi connectivity index (χ3v) is 9.97. The molecule has 0 spiro atoms. The third-order valence-electron chi connectivity index (χ3n) is 9.97. The van der Waals surface area contributed by atoms with Crippen LogP contribution in [0.2, 0.25) is 0 Å². The summed E-state index contributed by atoms with van der Waals surface area (Å²) in [5.74, 6) is 1.90. The monoisotopic (exact) mass is 662 g/mol. The fourth-order valence-corrected chi connectivity index (χ4v) is 7.44. The molecular formula is C48H30N4. The molecule has 2 heterocycles. The molecule has 4 heteroatoms. The van der Waals surface area contributed by atoms with Crippen molar-refractivity contribution in [2.24, 2.45) is 0 Å². The molecule has 52 heavy (non-hydrogen) atoms. The van der Waals surface area contributed by atoms with Crippen molar-refractivity contribution in [1.82, 2.24) is 19.9 Å². The summed E-state index contributed by atoms with van der Waals surface area (Å²) in [4.78, 5) is 19.9. The van der Waals surface area contributed by atoms with Gasteiger partial charge < -0.3 is 0 Å². The number of fused-ring (bicyclic) bond motifs is 6. The van der Waals surface area contributed by atoms with Crippen LogP contribution >= 0.6 is 0 Å². The Bertz CT molecular complexity index is 2960. The molecular weight excluding hydrogens is 633 g/mol. The summed E-state index contributed by atoms with van der Waals surface area (Å²) in [6.07, 6.45) is 3.83. The largest absolute Gasteiger partial charge is 0.264 e. The average molecular weight is 663 g/mol. The Labute approximate surface area is 300 Å². The highest BCUT2D eigenvalue weighted by atomic mass is 15.0. The number of hydrogen-bond acceptors (Lipinski definition) is 4. The Morgan fingerprint density at radius 3 is 1.67 bits per heavy atom. The van der Waals surface area contributed by atoms with Crippen molar-refractivity contribution >= 4 is 43.1 Å². The van der Waals surface area contributed by atoms with E-state index >= 15 is 0 Å².